The zero-order valence-electron chi connectivity index (χ0n) is 14.9. The molecule has 0 aliphatic heterocycles. The first-order valence-electron chi connectivity index (χ1n) is 8.59. The molecule has 8 heteroatoms. The van der Waals surface area contributed by atoms with Crippen LogP contribution in [0.25, 0.3) is 0 Å². The molecule has 0 radical (unpaired) electrons. The highest BCUT2D eigenvalue weighted by molar-refractivity contribution is 7.51. The van der Waals surface area contributed by atoms with E-state index in [9.17, 15) is 14.1 Å². The Morgan fingerprint density at radius 2 is 2.00 bits per heavy atom. The third-order valence-corrected chi connectivity index (χ3v) is 5.56. The van der Waals surface area contributed by atoms with Gasteiger partial charge in [-0.15, -0.1) is 0 Å². The van der Waals surface area contributed by atoms with E-state index >= 15 is 0 Å². The Morgan fingerprint density at radius 3 is 2.63 bits per heavy atom. The van der Waals surface area contributed by atoms with Crippen LogP contribution in [0.4, 0.5) is 4.39 Å². The fraction of sp³-hybridized carbons (Fsp3) is 0.368. The molecule has 0 aromatic heterocycles. The predicted molar refractivity (Wildman–Crippen MR) is 101 cm³/mol. The number of phenolic OH excluding ortho intramolecular Hbond substituents is 1. The van der Waals surface area contributed by atoms with Crippen molar-refractivity contribution < 1.29 is 28.6 Å². The summed E-state index contributed by atoms with van der Waals surface area (Å²) < 4.78 is 30.7. The highest BCUT2D eigenvalue weighted by atomic mass is 35.5. The summed E-state index contributed by atoms with van der Waals surface area (Å²) in [5.41, 5.74) is 2.82. The maximum atomic E-state index is 14.6. The molecule has 1 unspecified atom stereocenters. The molecule has 0 heterocycles. The zero-order chi connectivity index (χ0) is 19.9. The SMILES string of the molecule is CC(C)c1cc(C2CCc3cc(OCP(=O)(O)O)cc(Cl)c32)c(F)cc1O. The van der Waals surface area contributed by atoms with E-state index in [0.29, 0.717) is 29.0 Å². The number of rotatable bonds is 5. The number of ether oxygens (including phenoxy) is 1. The average Bonchev–Trinajstić information content (AvgIpc) is 2.96. The lowest BCUT2D eigenvalue weighted by Crippen LogP contribution is -2.04. The first kappa shape index (κ1) is 20.2. The highest BCUT2D eigenvalue weighted by Crippen LogP contribution is 2.46. The van der Waals surface area contributed by atoms with Crippen molar-refractivity contribution in [3.8, 4) is 11.5 Å². The van der Waals surface area contributed by atoms with Gasteiger partial charge in [0.15, 0.2) is 6.35 Å². The smallest absolute Gasteiger partial charge is 0.362 e. The van der Waals surface area contributed by atoms with Gasteiger partial charge in [0, 0.05) is 17.0 Å². The quantitative estimate of drug-likeness (QED) is 0.606. The van der Waals surface area contributed by atoms with Gasteiger partial charge in [-0.1, -0.05) is 25.4 Å². The van der Waals surface area contributed by atoms with Gasteiger partial charge < -0.3 is 19.6 Å². The van der Waals surface area contributed by atoms with E-state index in [1.807, 2.05) is 13.8 Å². The minimum absolute atomic E-state index is 0.0455. The van der Waals surface area contributed by atoms with Gasteiger partial charge in [0.25, 0.3) is 0 Å². The molecule has 1 atom stereocenters. The predicted octanol–water partition coefficient (Wildman–Crippen LogP) is 4.90. The van der Waals surface area contributed by atoms with E-state index < -0.39 is 19.8 Å². The molecule has 5 nitrogen and oxygen atoms in total. The molecule has 2 aromatic rings. The Morgan fingerprint density at radius 1 is 1.30 bits per heavy atom. The van der Waals surface area contributed by atoms with Crippen molar-refractivity contribution >= 4 is 19.2 Å². The number of hydrogen-bond donors (Lipinski definition) is 3. The van der Waals surface area contributed by atoms with Crippen molar-refractivity contribution in [2.75, 3.05) is 6.35 Å². The van der Waals surface area contributed by atoms with Crippen LogP contribution in [0.5, 0.6) is 11.5 Å². The van der Waals surface area contributed by atoms with E-state index in [2.05, 4.69) is 0 Å². The number of benzene rings is 2. The van der Waals surface area contributed by atoms with Crippen LogP contribution in [0.3, 0.4) is 0 Å². The topological polar surface area (TPSA) is 87.0 Å². The lowest BCUT2D eigenvalue weighted by Gasteiger charge is -2.19. The molecule has 2 aromatic carbocycles. The van der Waals surface area contributed by atoms with Crippen molar-refractivity contribution in [2.24, 2.45) is 0 Å². The van der Waals surface area contributed by atoms with Crippen LogP contribution in [0.2, 0.25) is 5.02 Å². The van der Waals surface area contributed by atoms with Crippen LogP contribution in [0.15, 0.2) is 24.3 Å². The molecule has 27 heavy (non-hydrogen) atoms. The van der Waals surface area contributed by atoms with Crippen molar-refractivity contribution in [3.63, 3.8) is 0 Å². The molecule has 0 saturated carbocycles. The Kier molecular flexibility index (Phi) is 5.55. The summed E-state index contributed by atoms with van der Waals surface area (Å²) in [6.07, 6.45) is 0.566. The largest absolute Gasteiger partial charge is 0.508 e. The molecular weight excluding hydrogens is 394 g/mol. The zero-order valence-corrected chi connectivity index (χ0v) is 16.6. The van der Waals surface area contributed by atoms with E-state index in [0.717, 1.165) is 17.2 Å². The molecule has 146 valence electrons. The Bertz CT molecular complexity index is 925. The summed E-state index contributed by atoms with van der Waals surface area (Å²) >= 11 is 6.41. The summed E-state index contributed by atoms with van der Waals surface area (Å²) in [6.45, 7) is 3.86. The van der Waals surface area contributed by atoms with Crippen LogP contribution in [0, 0.1) is 5.82 Å². The standard InChI is InChI=1S/C19H21ClFO5P/c1-10(2)14-7-15(17(21)8-18(14)22)13-4-3-11-5-12(6-16(20)19(11)13)26-9-27(23,24)25/h5-8,10,13,22H,3-4,9H2,1-2H3,(H2,23,24,25). The fourth-order valence-corrected chi connectivity index (χ4v) is 4.25. The van der Waals surface area contributed by atoms with E-state index in [-0.39, 0.29) is 23.3 Å². The van der Waals surface area contributed by atoms with Crippen molar-refractivity contribution in [2.45, 2.75) is 38.5 Å². The first-order valence-corrected chi connectivity index (χ1v) is 10.8. The van der Waals surface area contributed by atoms with Gasteiger partial charge in [-0.3, -0.25) is 4.57 Å². The lowest BCUT2D eigenvalue weighted by molar-refractivity contribution is 0.300. The van der Waals surface area contributed by atoms with E-state index in [4.69, 9.17) is 26.1 Å². The molecule has 1 aliphatic carbocycles. The summed E-state index contributed by atoms with van der Waals surface area (Å²) in [5, 5.41) is 10.4. The molecule has 0 bridgehead atoms. The van der Waals surface area contributed by atoms with Crippen LogP contribution >= 0.6 is 19.2 Å². The van der Waals surface area contributed by atoms with Gasteiger partial charge in [-0.2, -0.15) is 0 Å². The van der Waals surface area contributed by atoms with Crippen molar-refractivity contribution in [1.82, 2.24) is 0 Å². The van der Waals surface area contributed by atoms with Crippen molar-refractivity contribution in [1.29, 1.82) is 0 Å². The molecule has 0 fully saturated rings. The van der Waals surface area contributed by atoms with Crippen molar-refractivity contribution in [3.05, 3.63) is 57.4 Å². The second kappa shape index (κ2) is 7.44. The summed E-state index contributed by atoms with van der Waals surface area (Å²) in [7, 11) is -4.29. The molecule has 0 amide bonds. The molecule has 0 saturated heterocycles. The second-order valence-corrected chi connectivity index (χ2v) is 9.09. The molecular formula is C19H21ClFO5P. The first-order chi connectivity index (χ1) is 12.6. The van der Waals surface area contributed by atoms with Crippen LogP contribution in [0.1, 0.15) is 54.4 Å². The molecule has 0 spiro atoms. The second-order valence-electron chi connectivity index (χ2n) is 7.09. The Labute approximate surface area is 161 Å². The number of phenols is 1. The lowest BCUT2D eigenvalue weighted by atomic mass is 9.89. The number of aryl methyl sites for hydroxylation is 1. The third-order valence-electron chi connectivity index (χ3n) is 4.78. The number of fused-ring (bicyclic) bond motifs is 1. The Balaban J connectivity index is 1.98. The van der Waals surface area contributed by atoms with Gasteiger partial charge in [0.1, 0.15) is 17.3 Å². The molecule has 3 rings (SSSR count). The fourth-order valence-electron chi connectivity index (χ4n) is 3.57. The third kappa shape index (κ3) is 4.30. The average molecular weight is 415 g/mol. The minimum Gasteiger partial charge on any atom is -0.508 e. The van der Waals surface area contributed by atoms with Gasteiger partial charge in [-0.25, -0.2) is 4.39 Å². The monoisotopic (exact) mass is 414 g/mol. The number of halogens is 2. The van der Waals surface area contributed by atoms with Gasteiger partial charge >= 0.3 is 7.60 Å². The van der Waals surface area contributed by atoms with Crippen LogP contribution in [-0.2, 0) is 11.0 Å². The highest BCUT2D eigenvalue weighted by Gasteiger charge is 2.30. The van der Waals surface area contributed by atoms with E-state index in [1.165, 1.54) is 6.07 Å². The summed E-state index contributed by atoms with van der Waals surface area (Å²) in [6, 6.07) is 6.03. The molecule has 3 N–H and O–H groups in total. The minimum atomic E-state index is -4.29. The summed E-state index contributed by atoms with van der Waals surface area (Å²) in [5.74, 6) is -0.466. The Hall–Kier alpha value is -1.59. The van der Waals surface area contributed by atoms with Gasteiger partial charge in [0.2, 0.25) is 0 Å². The summed E-state index contributed by atoms with van der Waals surface area (Å²) in [4.78, 5) is 17.9. The normalized spacial score (nSPS) is 16.6. The van der Waals surface area contributed by atoms with Crippen LogP contribution in [-0.4, -0.2) is 21.2 Å². The number of aromatic hydroxyl groups is 1. The van der Waals surface area contributed by atoms with Gasteiger partial charge in [0.05, 0.1) is 0 Å². The van der Waals surface area contributed by atoms with Crippen LogP contribution < -0.4 is 4.74 Å². The molecule has 1 aliphatic rings. The maximum Gasteiger partial charge on any atom is 0.362 e. The van der Waals surface area contributed by atoms with E-state index in [1.54, 1.807) is 12.1 Å². The maximum absolute atomic E-state index is 14.6. The van der Waals surface area contributed by atoms with Gasteiger partial charge in [-0.05, 0) is 59.2 Å². The number of hydrogen-bond acceptors (Lipinski definition) is 3.